The summed E-state index contributed by atoms with van der Waals surface area (Å²) in [6.07, 6.45) is 4.86. The third-order valence-corrected chi connectivity index (χ3v) is 2.42. The molecule has 0 radical (unpaired) electrons. The molecule has 0 fully saturated rings. The largest absolute Gasteiger partial charge is 0.478 e. The molecule has 7 heteroatoms. The van der Waals surface area contributed by atoms with Gasteiger partial charge >= 0.3 is 5.97 Å². The van der Waals surface area contributed by atoms with Crippen molar-refractivity contribution in [3.05, 3.63) is 53.6 Å². The third kappa shape index (κ3) is 3.29. The van der Waals surface area contributed by atoms with Crippen LogP contribution in [0.25, 0.3) is 6.08 Å². The fourth-order valence-electron chi connectivity index (χ4n) is 1.47. The van der Waals surface area contributed by atoms with Gasteiger partial charge in [0.15, 0.2) is 0 Å². The number of amides is 1. The molecule has 3 N–H and O–H groups in total. The molecule has 0 unspecified atom stereocenters. The monoisotopic (exact) mass is 275 g/mol. The van der Waals surface area contributed by atoms with Crippen LogP contribution >= 0.6 is 0 Å². The molecular formula is C13H10FN3O3. The Morgan fingerprint density at radius 3 is 2.80 bits per heavy atom. The van der Waals surface area contributed by atoms with Crippen LogP contribution < -0.4 is 5.32 Å². The number of hydrogen-bond acceptors (Lipinski definition) is 3. The Morgan fingerprint density at radius 2 is 2.20 bits per heavy atom. The molecule has 0 saturated carbocycles. The number of aromatic nitrogens is 2. The lowest BCUT2D eigenvalue weighted by atomic mass is 10.1. The molecule has 2 rings (SSSR count). The summed E-state index contributed by atoms with van der Waals surface area (Å²) in [5.41, 5.74) is 0.661. The first kappa shape index (κ1) is 13.5. The Bertz CT molecular complexity index is 666. The maximum absolute atomic E-state index is 13.8. The van der Waals surface area contributed by atoms with Gasteiger partial charge in [-0.05, 0) is 23.8 Å². The molecule has 2 aromatic rings. The van der Waals surface area contributed by atoms with Gasteiger partial charge in [-0.3, -0.25) is 9.89 Å². The van der Waals surface area contributed by atoms with Gasteiger partial charge < -0.3 is 10.4 Å². The number of H-pyrrole nitrogens is 1. The van der Waals surface area contributed by atoms with Gasteiger partial charge in [-0.25, -0.2) is 9.18 Å². The highest BCUT2D eigenvalue weighted by molar-refractivity contribution is 6.04. The van der Waals surface area contributed by atoms with E-state index in [1.54, 1.807) is 0 Å². The fourth-order valence-corrected chi connectivity index (χ4v) is 1.47. The number of hydrogen-bond donors (Lipinski definition) is 3. The van der Waals surface area contributed by atoms with E-state index in [9.17, 15) is 14.0 Å². The number of nitrogens with zero attached hydrogens (tertiary/aromatic N) is 1. The summed E-state index contributed by atoms with van der Waals surface area (Å²) in [7, 11) is 0. The van der Waals surface area contributed by atoms with E-state index in [0.29, 0.717) is 5.56 Å². The molecule has 0 aliphatic rings. The number of aliphatic carboxylic acids is 1. The van der Waals surface area contributed by atoms with E-state index in [4.69, 9.17) is 5.11 Å². The summed E-state index contributed by atoms with van der Waals surface area (Å²) in [4.78, 5) is 22.1. The summed E-state index contributed by atoms with van der Waals surface area (Å²) in [6.45, 7) is 0. The van der Waals surface area contributed by atoms with Gasteiger partial charge in [0.25, 0.3) is 5.91 Å². The van der Waals surface area contributed by atoms with Crippen molar-refractivity contribution in [3.63, 3.8) is 0 Å². The fraction of sp³-hybridized carbons (Fsp3) is 0. The summed E-state index contributed by atoms with van der Waals surface area (Å²) in [5, 5.41) is 17.0. The molecule has 1 aromatic heterocycles. The molecule has 6 nitrogen and oxygen atoms in total. The minimum atomic E-state index is -1.12. The van der Waals surface area contributed by atoms with Crippen molar-refractivity contribution in [2.75, 3.05) is 5.32 Å². The Balaban J connectivity index is 2.14. The van der Waals surface area contributed by atoms with E-state index in [-0.39, 0.29) is 11.3 Å². The Morgan fingerprint density at radius 1 is 1.40 bits per heavy atom. The number of carboxylic acid groups (broad SMARTS) is 1. The molecule has 1 amide bonds. The number of carbonyl (C=O) groups excluding carboxylic acids is 1. The number of carbonyl (C=O) groups is 2. The molecule has 0 atom stereocenters. The van der Waals surface area contributed by atoms with Gasteiger partial charge in [0.05, 0.1) is 17.4 Å². The van der Waals surface area contributed by atoms with E-state index in [1.165, 1.54) is 30.6 Å². The second kappa shape index (κ2) is 5.79. The summed E-state index contributed by atoms with van der Waals surface area (Å²) in [6, 6.07) is 3.98. The highest BCUT2D eigenvalue weighted by atomic mass is 19.1. The zero-order valence-electron chi connectivity index (χ0n) is 10.1. The van der Waals surface area contributed by atoms with Gasteiger partial charge in [-0.2, -0.15) is 5.10 Å². The maximum atomic E-state index is 13.8. The van der Waals surface area contributed by atoms with Crippen LogP contribution in [-0.4, -0.2) is 27.2 Å². The van der Waals surface area contributed by atoms with Crippen molar-refractivity contribution in [2.24, 2.45) is 0 Å². The van der Waals surface area contributed by atoms with E-state index < -0.39 is 17.7 Å². The lowest BCUT2D eigenvalue weighted by Crippen LogP contribution is -2.12. The minimum absolute atomic E-state index is 0.00340. The highest BCUT2D eigenvalue weighted by Gasteiger charge is 2.10. The molecular weight excluding hydrogens is 265 g/mol. The molecule has 1 heterocycles. The Hall–Kier alpha value is -2.96. The van der Waals surface area contributed by atoms with Crippen LogP contribution in [0.1, 0.15) is 15.9 Å². The number of aromatic amines is 1. The molecule has 0 spiro atoms. The van der Waals surface area contributed by atoms with Gasteiger partial charge in [-0.15, -0.1) is 0 Å². The van der Waals surface area contributed by atoms with E-state index in [0.717, 1.165) is 12.1 Å². The average molecular weight is 275 g/mol. The van der Waals surface area contributed by atoms with Crippen LogP contribution in [0.2, 0.25) is 0 Å². The normalized spacial score (nSPS) is 10.7. The first-order chi connectivity index (χ1) is 9.56. The van der Waals surface area contributed by atoms with E-state index in [1.807, 2.05) is 0 Å². The summed E-state index contributed by atoms with van der Waals surface area (Å²) in [5.74, 6) is -2.27. The molecule has 1 aromatic carbocycles. The smallest absolute Gasteiger partial charge is 0.328 e. The minimum Gasteiger partial charge on any atom is -0.478 e. The van der Waals surface area contributed by atoms with Gasteiger partial charge in [0.2, 0.25) is 0 Å². The van der Waals surface area contributed by atoms with Crippen LogP contribution in [0.4, 0.5) is 10.1 Å². The predicted octanol–water partition coefficient (Wildman–Crippen LogP) is 1.90. The van der Waals surface area contributed by atoms with Crippen molar-refractivity contribution in [2.45, 2.75) is 0 Å². The number of anilines is 1. The van der Waals surface area contributed by atoms with Crippen molar-refractivity contribution >= 4 is 23.6 Å². The summed E-state index contributed by atoms with van der Waals surface area (Å²) < 4.78 is 13.8. The predicted molar refractivity (Wildman–Crippen MR) is 69.6 cm³/mol. The van der Waals surface area contributed by atoms with Gasteiger partial charge in [0.1, 0.15) is 5.82 Å². The quantitative estimate of drug-likeness (QED) is 0.742. The molecule has 102 valence electrons. The number of rotatable bonds is 4. The number of benzene rings is 1. The second-order valence-corrected chi connectivity index (χ2v) is 3.85. The molecule has 0 aliphatic carbocycles. The van der Waals surface area contributed by atoms with Crippen LogP contribution in [0.3, 0.4) is 0 Å². The molecule has 20 heavy (non-hydrogen) atoms. The molecule has 0 aliphatic heterocycles. The van der Waals surface area contributed by atoms with Crippen molar-refractivity contribution in [1.29, 1.82) is 0 Å². The third-order valence-electron chi connectivity index (χ3n) is 2.42. The van der Waals surface area contributed by atoms with Gasteiger partial charge in [0, 0.05) is 12.3 Å². The van der Waals surface area contributed by atoms with E-state index in [2.05, 4.69) is 15.5 Å². The van der Waals surface area contributed by atoms with Crippen molar-refractivity contribution in [3.8, 4) is 0 Å². The number of nitrogens with one attached hydrogen (secondary N) is 2. The SMILES string of the molecule is O=C(O)C=Cc1ccc(NC(=O)c2cn[nH]c2)c(F)c1. The zero-order valence-corrected chi connectivity index (χ0v) is 10.1. The standard InChI is InChI=1S/C13H10FN3O3/c14-10-5-8(2-4-12(18)19)1-3-11(10)17-13(20)9-6-15-16-7-9/h1-7H,(H,15,16)(H,17,20)(H,18,19). The van der Waals surface area contributed by atoms with Crippen molar-refractivity contribution < 1.29 is 19.1 Å². The van der Waals surface area contributed by atoms with E-state index >= 15 is 0 Å². The Labute approximate surface area is 112 Å². The Kier molecular flexibility index (Phi) is 3.90. The number of carboxylic acids is 1. The summed E-state index contributed by atoms with van der Waals surface area (Å²) >= 11 is 0. The highest BCUT2D eigenvalue weighted by Crippen LogP contribution is 2.17. The average Bonchev–Trinajstić information content (AvgIpc) is 2.93. The number of halogens is 1. The van der Waals surface area contributed by atoms with Crippen molar-refractivity contribution in [1.82, 2.24) is 10.2 Å². The molecule has 0 bridgehead atoms. The maximum Gasteiger partial charge on any atom is 0.328 e. The van der Waals surface area contributed by atoms with Gasteiger partial charge in [-0.1, -0.05) is 6.07 Å². The topological polar surface area (TPSA) is 95.1 Å². The van der Waals surface area contributed by atoms with Crippen LogP contribution in [-0.2, 0) is 4.79 Å². The van der Waals surface area contributed by atoms with Crippen LogP contribution in [0, 0.1) is 5.82 Å². The van der Waals surface area contributed by atoms with Crippen LogP contribution in [0.15, 0.2) is 36.7 Å². The zero-order chi connectivity index (χ0) is 14.5. The van der Waals surface area contributed by atoms with Crippen LogP contribution in [0.5, 0.6) is 0 Å². The lowest BCUT2D eigenvalue weighted by molar-refractivity contribution is -0.131. The second-order valence-electron chi connectivity index (χ2n) is 3.85. The first-order valence-electron chi connectivity index (χ1n) is 5.57. The molecule has 0 saturated heterocycles. The lowest BCUT2D eigenvalue weighted by Gasteiger charge is -2.05. The first-order valence-corrected chi connectivity index (χ1v) is 5.57.